The molecular weight excluding hydrogens is 226 g/mol. The summed E-state index contributed by atoms with van der Waals surface area (Å²) < 4.78 is 1.81. The molecule has 4 nitrogen and oxygen atoms in total. The standard InChI is InChI=1S/C14H23N3O/c1-11(2)10-17-13(8-9-15-17)14(18)16-12-6-4-3-5-7-12/h8-9,11-12H,3-7,10H2,1-2H3,(H,16,18). The molecule has 0 atom stereocenters. The van der Waals surface area contributed by atoms with Crippen LogP contribution in [0.5, 0.6) is 0 Å². The molecule has 0 aromatic carbocycles. The summed E-state index contributed by atoms with van der Waals surface area (Å²) in [5, 5.41) is 7.36. The zero-order chi connectivity index (χ0) is 13.0. The van der Waals surface area contributed by atoms with Gasteiger partial charge in [0.1, 0.15) is 5.69 Å². The average molecular weight is 249 g/mol. The molecule has 1 heterocycles. The Morgan fingerprint density at radius 1 is 1.44 bits per heavy atom. The van der Waals surface area contributed by atoms with Crippen molar-refractivity contribution in [3.8, 4) is 0 Å². The molecule has 1 aliphatic rings. The van der Waals surface area contributed by atoms with E-state index in [9.17, 15) is 4.79 Å². The topological polar surface area (TPSA) is 46.9 Å². The van der Waals surface area contributed by atoms with E-state index >= 15 is 0 Å². The molecule has 0 saturated heterocycles. The lowest BCUT2D eigenvalue weighted by molar-refractivity contribution is 0.0915. The Morgan fingerprint density at radius 2 is 2.17 bits per heavy atom. The van der Waals surface area contributed by atoms with Crippen molar-refractivity contribution < 1.29 is 4.79 Å². The first-order chi connectivity index (χ1) is 8.66. The van der Waals surface area contributed by atoms with E-state index in [2.05, 4.69) is 24.3 Å². The third-order valence-corrected chi connectivity index (χ3v) is 3.43. The van der Waals surface area contributed by atoms with Crippen LogP contribution in [0.2, 0.25) is 0 Å². The molecule has 0 unspecified atom stereocenters. The van der Waals surface area contributed by atoms with E-state index in [1.165, 1.54) is 19.3 Å². The van der Waals surface area contributed by atoms with Gasteiger partial charge in [0.05, 0.1) is 0 Å². The van der Waals surface area contributed by atoms with E-state index in [-0.39, 0.29) is 5.91 Å². The van der Waals surface area contributed by atoms with Crippen LogP contribution in [0.25, 0.3) is 0 Å². The van der Waals surface area contributed by atoms with Crippen molar-refractivity contribution >= 4 is 5.91 Å². The highest BCUT2D eigenvalue weighted by molar-refractivity contribution is 5.92. The van der Waals surface area contributed by atoms with Crippen LogP contribution < -0.4 is 5.32 Å². The summed E-state index contributed by atoms with van der Waals surface area (Å²) in [6, 6.07) is 2.16. The second-order valence-corrected chi connectivity index (χ2v) is 5.60. The van der Waals surface area contributed by atoms with Crippen LogP contribution in [0.1, 0.15) is 56.4 Å². The summed E-state index contributed by atoms with van der Waals surface area (Å²) in [6.07, 6.45) is 7.70. The second kappa shape index (κ2) is 6.03. The molecule has 1 N–H and O–H groups in total. The molecule has 1 aromatic rings. The number of aromatic nitrogens is 2. The average Bonchev–Trinajstić information content (AvgIpc) is 2.77. The van der Waals surface area contributed by atoms with Crippen LogP contribution in [0.4, 0.5) is 0 Å². The number of amides is 1. The number of hydrogen-bond donors (Lipinski definition) is 1. The number of nitrogens with zero attached hydrogens (tertiary/aromatic N) is 2. The van der Waals surface area contributed by atoms with Gasteiger partial charge in [-0.25, -0.2) is 0 Å². The van der Waals surface area contributed by atoms with Crippen molar-refractivity contribution in [2.75, 3.05) is 0 Å². The monoisotopic (exact) mass is 249 g/mol. The number of rotatable bonds is 4. The van der Waals surface area contributed by atoms with Gasteiger partial charge in [-0.05, 0) is 24.8 Å². The van der Waals surface area contributed by atoms with Crippen LogP contribution in [-0.4, -0.2) is 21.7 Å². The van der Waals surface area contributed by atoms with Crippen molar-refractivity contribution in [1.29, 1.82) is 0 Å². The largest absolute Gasteiger partial charge is 0.348 e. The molecular formula is C14H23N3O. The van der Waals surface area contributed by atoms with Crippen LogP contribution in [0.15, 0.2) is 12.3 Å². The van der Waals surface area contributed by atoms with Crippen molar-refractivity contribution in [3.63, 3.8) is 0 Å². The molecule has 1 aliphatic carbocycles. The predicted octanol–water partition coefficient (Wildman–Crippen LogP) is 2.60. The van der Waals surface area contributed by atoms with Gasteiger partial charge in [0.25, 0.3) is 5.91 Å². The normalized spacial score (nSPS) is 17.1. The Kier molecular flexibility index (Phi) is 4.39. The Balaban J connectivity index is 1.97. The van der Waals surface area contributed by atoms with Crippen molar-refractivity contribution in [1.82, 2.24) is 15.1 Å². The molecule has 0 spiro atoms. The summed E-state index contributed by atoms with van der Waals surface area (Å²) >= 11 is 0. The quantitative estimate of drug-likeness (QED) is 0.891. The van der Waals surface area contributed by atoms with Gasteiger partial charge in [-0.3, -0.25) is 9.48 Å². The summed E-state index contributed by atoms with van der Waals surface area (Å²) in [5.41, 5.74) is 0.689. The van der Waals surface area contributed by atoms with E-state index in [4.69, 9.17) is 0 Å². The van der Waals surface area contributed by atoms with Gasteiger partial charge in [0, 0.05) is 18.8 Å². The Bertz CT molecular complexity index is 391. The molecule has 0 aliphatic heterocycles. The zero-order valence-electron chi connectivity index (χ0n) is 11.4. The van der Waals surface area contributed by atoms with E-state index in [1.54, 1.807) is 12.3 Å². The molecule has 18 heavy (non-hydrogen) atoms. The smallest absolute Gasteiger partial charge is 0.269 e. The zero-order valence-corrected chi connectivity index (χ0v) is 11.4. The molecule has 2 rings (SSSR count). The minimum atomic E-state index is 0.0278. The fraction of sp³-hybridized carbons (Fsp3) is 0.714. The van der Waals surface area contributed by atoms with E-state index in [0.29, 0.717) is 17.7 Å². The summed E-state index contributed by atoms with van der Waals surface area (Å²) in [4.78, 5) is 12.2. The fourth-order valence-corrected chi connectivity index (χ4v) is 2.52. The number of carbonyl (C=O) groups is 1. The summed E-state index contributed by atoms with van der Waals surface area (Å²) in [7, 11) is 0. The van der Waals surface area contributed by atoms with E-state index < -0.39 is 0 Å². The van der Waals surface area contributed by atoms with Gasteiger partial charge < -0.3 is 5.32 Å². The van der Waals surface area contributed by atoms with Gasteiger partial charge >= 0.3 is 0 Å². The highest BCUT2D eigenvalue weighted by atomic mass is 16.2. The fourth-order valence-electron chi connectivity index (χ4n) is 2.52. The van der Waals surface area contributed by atoms with Crippen molar-refractivity contribution in [2.24, 2.45) is 5.92 Å². The number of nitrogens with one attached hydrogen (secondary N) is 1. The molecule has 1 fully saturated rings. The van der Waals surface area contributed by atoms with Crippen molar-refractivity contribution in [3.05, 3.63) is 18.0 Å². The Labute approximate surface area is 109 Å². The van der Waals surface area contributed by atoms with Gasteiger partial charge in [-0.15, -0.1) is 0 Å². The lowest BCUT2D eigenvalue weighted by atomic mass is 9.95. The predicted molar refractivity (Wildman–Crippen MR) is 71.4 cm³/mol. The van der Waals surface area contributed by atoms with E-state index in [0.717, 1.165) is 19.4 Å². The van der Waals surface area contributed by atoms with Crippen LogP contribution in [0.3, 0.4) is 0 Å². The third-order valence-electron chi connectivity index (χ3n) is 3.43. The van der Waals surface area contributed by atoms with Gasteiger partial charge in [-0.2, -0.15) is 5.10 Å². The molecule has 0 radical (unpaired) electrons. The maximum absolute atomic E-state index is 12.2. The number of carbonyl (C=O) groups excluding carboxylic acids is 1. The SMILES string of the molecule is CC(C)Cn1nccc1C(=O)NC1CCCCC1. The summed E-state index contributed by atoms with van der Waals surface area (Å²) in [6.45, 7) is 5.05. The van der Waals surface area contributed by atoms with E-state index in [1.807, 2.05) is 4.68 Å². The molecule has 1 saturated carbocycles. The van der Waals surface area contributed by atoms with Gasteiger partial charge in [0.15, 0.2) is 0 Å². The summed E-state index contributed by atoms with van der Waals surface area (Å²) in [5.74, 6) is 0.520. The molecule has 1 aromatic heterocycles. The van der Waals surface area contributed by atoms with Crippen LogP contribution in [-0.2, 0) is 6.54 Å². The van der Waals surface area contributed by atoms with Crippen LogP contribution in [0, 0.1) is 5.92 Å². The van der Waals surface area contributed by atoms with Crippen LogP contribution >= 0.6 is 0 Å². The highest BCUT2D eigenvalue weighted by Crippen LogP contribution is 2.17. The molecule has 1 amide bonds. The highest BCUT2D eigenvalue weighted by Gasteiger charge is 2.19. The maximum atomic E-state index is 12.2. The maximum Gasteiger partial charge on any atom is 0.269 e. The number of hydrogen-bond acceptors (Lipinski definition) is 2. The lowest BCUT2D eigenvalue weighted by Gasteiger charge is -2.23. The lowest BCUT2D eigenvalue weighted by Crippen LogP contribution is -2.37. The molecule has 4 heteroatoms. The molecule has 100 valence electrons. The first kappa shape index (κ1) is 13.1. The Morgan fingerprint density at radius 3 is 2.83 bits per heavy atom. The minimum absolute atomic E-state index is 0.0278. The molecule has 0 bridgehead atoms. The second-order valence-electron chi connectivity index (χ2n) is 5.60. The Hall–Kier alpha value is -1.32. The third kappa shape index (κ3) is 3.34. The minimum Gasteiger partial charge on any atom is -0.348 e. The first-order valence-corrected chi connectivity index (χ1v) is 6.99. The first-order valence-electron chi connectivity index (χ1n) is 6.99. The van der Waals surface area contributed by atoms with Crippen molar-refractivity contribution in [2.45, 2.75) is 58.5 Å². The van der Waals surface area contributed by atoms with Gasteiger partial charge in [0.2, 0.25) is 0 Å². The van der Waals surface area contributed by atoms with Gasteiger partial charge in [-0.1, -0.05) is 33.1 Å².